The van der Waals surface area contributed by atoms with Crippen molar-refractivity contribution in [3.63, 3.8) is 0 Å². The number of benzene rings is 2. The predicted molar refractivity (Wildman–Crippen MR) is 104 cm³/mol. The molecule has 1 atom stereocenters. The summed E-state index contributed by atoms with van der Waals surface area (Å²) in [5, 5.41) is 11.4. The van der Waals surface area contributed by atoms with Crippen LogP contribution in [0.25, 0.3) is 0 Å². The van der Waals surface area contributed by atoms with E-state index in [0.29, 0.717) is 0 Å². The van der Waals surface area contributed by atoms with Crippen LogP contribution in [-0.4, -0.2) is 23.7 Å². The Kier molecular flexibility index (Phi) is 7.42. The highest BCUT2D eigenvalue weighted by atomic mass is 127. The number of anilines is 2. The normalized spacial score (nSPS) is 12.0. The van der Waals surface area contributed by atoms with Crippen molar-refractivity contribution in [1.29, 1.82) is 0 Å². The third-order valence-electron chi connectivity index (χ3n) is 3.09. The number of carbonyl (C=O) groups excluding carboxylic acids is 1. The first-order valence-corrected chi connectivity index (χ1v) is 9.04. The van der Waals surface area contributed by atoms with Gasteiger partial charge in [-0.05, 0) is 53.8 Å². The van der Waals surface area contributed by atoms with Crippen molar-refractivity contribution in [3.8, 4) is 0 Å². The van der Waals surface area contributed by atoms with Gasteiger partial charge < -0.3 is 10.4 Å². The van der Waals surface area contributed by atoms with Crippen LogP contribution in [-0.2, 0) is 4.84 Å². The van der Waals surface area contributed by atoms with Gasteiger partial charge in [0.05, 0.1) is 33.1 Å². The molecule has 0 fully saturated rings. The molecule has 1 unspecified atom stereocenters. The second kappa shape index (κ2) is 9.14. The van der Waals surface area contributed by atoms with E-state index in [9.17, 15) is 13.6 Å². The Bertz CT molecular complexity index is 838. The van der Waals surface area contributed by atoms with Crippen molar-refractivity contribution in [2.24, 2.45) is 0 Å². The van der Waals surface area contributed by atoms with Gasteiger partial charge in [-0.2, -0.15) is 0 Å². The van der Waals surface area contributed by atoms with E-state index < -0.39 is 34.4 Å². The number of halogens is 5. The van der Waals surface area contributed by atoms with Crippen molar-refractivity contribution in [3.05, 3.63) is 55.1 Å². The maximum atomic E-state index is 14.4. The number of hydroxylamine groups is 1. The van der Waals surface area contributed by atoms with Gasteiger partial charge in [0.1, 0.15) is 6.61 Å². The van der Waals surface area contributed by atoms with Crippen LogP contribution in [0.3, 0.4) is 0 Å². The quantitative estimate of drug-likeness (QED) is 0.296. The highest BCUT2D eigenvalue weighted by Gasteiger charge is 2.23. The Balaban J connectivity index is 2.39. The monoisotopic (exact) mass is 516 g/mol. The van der Waals surface area contributed by atoms with Crippen LogP contribution >= 0.6 is 45.8 Å². The minimum Gasteiger partial charge on any atom is -0.391 e. The van der Waals surface area contributed by atoms with Crippen LogP contribution in [0.1, 0.15) is 17.3 Å². The Morgan fingerprint density at radius 3 is 2.58 bits per heavy atom. The number of nitrogens with one attached hydrogen (secondary N) is 2. The Morgan fingerprint density at radius 2 is 1.96 bits per heavy atom. The number of rotatable bonds is 6. The molecule has 1 amide bonds. The fraction of sp³-hybridized carbons (Fsp3) is 0.188. The topological polar surface area (TPSA) is 70.6 Å². The lowest BCUT2D eigenvalue weighted by molar-refractivity contribution is -0.00684. The first-order valence-electron chi connectivity index (χ1n) is 7.20. The SMILES string of the molecule is CC(O)CONC(=O)c1cc(Cl)c(F)c(F)c1Nc1ccc(I)cc1Cl. The first-order chi connectivity index (χ1) is 12.2. The number of hydrogen-bond donors (Lipinski definition) is 3. The zero-order valence-electron chi connectivity index (χ0n) is 13.2. The molecule has 0 saturated heterocycles. The molecule has 0 aromatic heterocycles. The summed E-state index contributed by atoms with van der Waals surface area (Å²) in [6, 6.07) is 5.83. The lowest BCUT2D eigenvalue weighted by Gasteiger charge is -2.16. The van der Waals surface area contributed by atoms with Gasteiger partial charge in [-0.25, -0.2) is 14.3 Å². The Labute approximate surface area is 171 Å². The zero-order chi connectivity index (χ0) is 19.4. The molecular formula is C16H13Cl2F2IN2O3. The summed E-state index contributed by atoms with van der Waals surface area (Å²) in [7, 11) is 0. The maximum absolute atomic E-state index is 14.4. The number of aliphatic hydroxyl groups is 1. The number of hydrogen-bond acceptors (Lipinski definition) is 4. The fourth-order valence-corrected chi connectivity index (χ4v) is 3.00. The third-order valence-corrected chi connectivity index (χ3v) is 4.35. The zero-order valence-corrected chi connectivity index (χ0v) is 16.9. The molecule has 0 radical (unpaired) electrons. The molecule has 0 heterocycles. The number of aliphatic hydroxyl groups excluding tert-OH is 1. The molecule has 2 aromatic rings. The number of carbonyl (C=O) groups is 1. The molecule has 0 aliphatic rings. The lowest BCUT2D eigenvalue weighted by Crippen LogP contribution is -2.28. The van der Waals surface area contributed by atoms with Crippen LogP contribution in [0, 0.1) is 15.2 Å². The summed E-state index contributed by atoms with van der Waals surface area (Å²) in [4.78, 5) is 17.1. The summed E-state index contributed by atoms with van der Waals surface area (Å²) in [6.45, 7) is 1.27. The van der Waals surface area contributed by atoms with E-state index in [1.54, 1.807) is 18.2 Å². The van der Waals surface area contributed by atoms with E-state index in [1.807, 2.05) is 28.1 Å². The summed E-state index contributed by atoms with van der Waals surface area (Å²) in [5.41, 5.74) is 1.56. The molecule has 2 rings (SSSR count). The molecule has 0 aliphatic heterocycles. The van der Waals surface area contributed by atoms with Crippen LogP contribution in [0.4, 0.5) is 20.2 Å². The van der Waals surface area contributed by atoms with Gasteiger partial charge in [-0.15, -0.1) is 0 Å². The van der Waals surface area contributed by atoms with Gasteiger partial charge in [0.15, 0.2) is 11.6 Å². The van der Waals surface area contributed by atoms with Gasteiger partial charge >= 0.3 is 0 Å². The van der Waals surface area contributed by atoms with Crippen LogP contribution in [0.15, 0.2) is 24.3 Å². The summed E-state index contributed by atoms with van der Waals surface area (Å²) in [5.74, 6) is -3.53. The number of amides is 1. The van der Waals surface area contributed by atoms with Crippen LogP contribution in [0.5, 0.6) is 0 Å². The van der Waals surface area contributed by atoms with Gasteiger partial charge in [-0.3, -0.25) is 9.63 Å². The molecule has 0 aliphatic carbocycles. The molecule has 0 bridgehead atoms. The van der Waals surface area contributed by atoms with Gasteiger partial charge in [0.25, 0.3) is 5.91 Å². The molecule has 0 spiro atoms. The van der Waals surface area contributed by atoms with Gasteiger partial charge in [0.2, 0.25) is 0 Å². The second-order valence-electron chi connectivity index (χ2n) is 5.25. The molecule has 10 heteroatoms. The fourth-order valence-electron chi connectivity index (χ4n) is 1.90. The van der Waals surface area contributed by atoms with E-state index in [1.165, 1.54) is 6.92 Å². The average Bonchev–Trinajstić information content (AvgIpc) is 2.56. The van der Waals surface area contributed by atoms with Crippen molar-refractivity contribution < 1.29 is 23.5 Å². The molecule has 2 aromatic carbocycles. The summed E-state index contributed by atoms with van der Waals surface area (Å²) in [6.07, 6.45) is -0.827. The van der Waals surface area contributed by atoms with E-state index in [2.05, 4.69) is 5.32 Å². The van der Waals surface area contributed by atoms with E-state index in [4.69, 9.17) is 33.1 Å². The highest BCUT2D eigenvalue weighted by Crippen LogP contribution is 2.33. The molecule has 3 N–H and O–H groups in total. The second-order valence-corrected chi connectivity index (χ2v) is 7.31. The largest absolute Gasteiger partial charge is 0.391 e. The van der Waals surface area contributed by atoms with Crippen molar-refractivity contribution >= 4 is 63.1 Å². The van der Waals surface area contributed by atoms with E-state index >= 15 is 0 Å². The van der Waals surface area contributed by atoms with Crippen molar-refractivity contribution in [1.82, 2.24) is 5.48 Å². The predicted octanol–water partition coefficient (Wildman–Crippen LogP) is 4.66. The average molecular weight is 517 g/mol. The maximum Gasteiger partial charge on any atom is 0.277 e. The highest BCUT2D eigenvalue weighted by molar-refractivity contribution is 14.1. The third kappa shape index (κ3) is 5.17. The van der Waals surface area contributed by atoms with Gasteiger partial charge in [-0.1, -0.05) is 23.2 Å². The van der Waals surface area contributed by atoms with Crippen molar-refractivity contribution in [2.75, 3.05) is 11.9 Å². The Hall–Kier alpha value is -1.20. The van der Waals surface area contributed by atoms with E-state index in [0.717, 1.165) is 9.64 Å². The van der Waals surface area contributed by atoms with Crippen molar-refractivity contribution in [2.45, 2.75) is 13.0 Å². The van der Waals surface area contributed by atoms with Crippen LogP contribution < -0.4 is 10.8 Å². The molecule has 5 nitrogen and oxygen atoms in total. The van der Waals surface area contributed by atoms with Crippen LogP contribution in [0.2, 0.25) is 10.0 Å². The molecule has 26 heavy (non-hydrogen) atoms. The smallest absolute Gasteiger partial charge is 0.277 e. The minimum absolute atomic E-state index is 0.186. The molecule has 140 valence electrons. The summed E-state index contributed by atoms with van der Waals surface area (Å²) >= 11 is 13.8. The lowest BCUT2D eigenvalue weighted by atomic mass is 10.1. The summed E-state index contributed by atoms with van der Waals surface area (Å²) < 4.78 is 29.1. The minimum atomic E-state index is -1.34. The molecular weight excluding hydrogens is 504 g/mol. The Morgan fingerprint density at radius 1 is 1.27 bits per heavy atom. The molecule has 0 saturated carbocycles. The van der Waals surface area contributed by atoms with Gasteiger partial charge in [0, 0.05) is 3.57 Å². The first kappa shape index (κ1) is 21.1. The van der Waals surface area contributed by atoms with E-state index in [-0.39, 0.29) is 22.9 Å². The standard InChI is InChI=1S/C16H13Cl2F2IN2O3/c1-7(24)6-26-23-16(25)9-5-11(18)13(19)14(20)15(9)22-12-3-2-8(21)4-10(12)17/h2-5,7,22,24H,6H2,1H3,(H,23,25).